The van der Waals surface area contributed by atoms with Crippen molar-refractivity contribution in [2.24, 2.45) is 0 Å². The number of aromatic nitrogens is 1. The number of halogens is 1. The number of hydrogen-bond donors (Lipinski definition) is 0. The monoisotopic (exact) mass is 294 g/mol. The Labute approximate surface area is 130 Å². The zero-order chi connectivity index (χ0) is 14.7. The predicted octanol–water partition coefficient (Wildman–Crippen LogP) is 4.97. The highest BCUT2D eigenvalue weighted by Crippen LogP contribution is 2.14. The molecule has 0 spiro atoms. The molecule has 0 aliphatic rings. The molecule has 0 aliphatic heterocycles. The molecule has 0 saturated heterocycles. The summed E-state index contributed by atoms with van der Waals surface area (Å²) in [6.45, 7) is 3.12. The highest BCUT2D eigenvalue weighted by molar-refractivity contribution is 6.30. The van der Waals surface area contributed by atoms with Crippen LogP contribution in [-0.2, 0) is 6.54 Å². The molecule has 0 fully saturated rings. The molecule has 0 N–H and O–H groups in total. The van der Waals surface area contributed by atoms with Crippen LogP contribution in [0.15, 0.2) is 60.7 Å². The Morgan fingerprint density at radius 2 is 1.67 bits per heavy atom. The fourth-order valence-corrected chi connectivity index (χ4v) is 2.66. The third-order valence-corrected chi connectivity index (χ3v) is 3.86. The molecule has 1 heterocycles. The molecule has 0 unspecified atom stereocenters. The van der Waals surface area contributed by atoms with Gasteiger partial charge in [-0.25, -0.2) is 0 Å². The van der Waals surface area contributed by atoms with Crippen molar-refractivity contribution in [3.63, 3.8) is 0 Å². The number of para-hydroxylation sites is 1. The number of nitrogens with zero attached hydrogens (tertiary/aromatic N) is 1. The molecular weight excluding hydrogens is 278 g/mol. The van der Waals surface area contributed by atoms with Gasteiger partial charge in [-0.2, -0.15) is 4.57 Å². The maximum atomic E-state index is 5.91. The van der Waals surface area contributed by atoms with E-state index < -0.39 is 0 Å². The molecule has 2 heteroatoms. The van der Waals surface area contributed by atoms with Crippen molar-refractivity contribution in [3.05, 3.63) is 76.9 Å². The molecule has 0 aliphatic carbocycles. The normalized spacial score (nSPS) is 11.3. The number of rotatable bonds is 3. The van der Waals surface area contributed by atoms with Crippen LogP contribution in [0, 0.1) is 0 Å². The Morgan fingerprint density at radius 3 is 2.43 bits per heavy atom. The first kappa shape index (κ1) is 13.8. The van der Waals surface area contributed by atoms with Gasteiger partial charge in [-0.05, 0) is 42.8 Å². The average Bonchev–Trinajstić information content (AvgIpc) is 2.53. The minimum absolute atomic E-state index is 0.765. The number of aryl methyl sites for hydroxylation is 1. The lowest BCUT2D eigenvalue weighted by molar-refractivity contribution is -0.669. The Bertz CT molecular complexity index is 788. The van der Waals surface area contributed by atoms with E-state index in [-0.39, 0.29) is 0 Å². The fourth-order valence-electron chi connectivity index (χ4n) is 2.53. The van der Waals surface area contributed by atoms with Crippen molar-refractivity contribution in [3.8, 4) is 0 Å². The minimum atomic E-state index is 0.765. The van der Waals surface area contributed by atoms with Crippen molar-refractivity contribution in [2.45, 2.75) is 13.5 Å². The smallest absolute Gasteiger partial charge is 0.192 e. The second-order valence-electron chi connectivity index (χ2n) is 4.95. The van der Waals surface area contributed by atoms with Gasteiger partial charge < -0.3 is 0 Å². The van der Waals surface area contributed by atoms with Crippen LogP contribution in [0.5, 0.6) is 0 Å². The quantitative estimate of drug-likeness (QED) is 0.600. The summed E-state index contributed by atoms with van der Waals surface area (Å²) in [5.74, 6) is 0. The molecule has 1 nitrogen and oxygen atoms in total. The van der Waals surface area contributed by atoms with Gasteiger partial charge >= 0.3 is 0 Å². The summed E-state index contributed by atoms with van der Waals surface area (Å²) in [4.78, 5) is 0. The third kappa shape index (κ3) is 2.98. The van der Waals surface area contributed by atoms with Crippen molar-refractivity contribution in [1.82, 2.24) is 0 Å². The Hall–Kier alpha value is -2.12. The molecule has 3 rings (SSSR count). The SMILES string of the molecule is CC[n+]1c(C=Cc2ccc(Cl)cc2)ccc2ccccc21. The van der Waals surface area contributed by atoms with E-state index in [2.05, 4.69) is 60.0 Å². The van der Waals surface area contributed by atoms with Gasteiger partial charge in [0.15, 0.2) is 0 Å². The highest BCUT2D eigenvalue weighted by Gasteiger charge is 2.10. The van der Waals surface area contributed by atoms with Gasteiger partial charge in [-0.15, -0.1) is 0 Å². The standard InChI is InChI=1S/C19H17ClN/c1-2-21-18(13-9-15-7-11-17(20)12-8-15)14-10-16-5-3-4-6-19(16)21/h3-14H,2H2,1H3/q+1. The predicted molar refractivity (Wildman–Crippen MR) is 90.2 cm³/mol. The first-order valence-corrected chi connectivity index (χ1v) is 7.51. The largest absolute Gasteiger partial charge is 0.212 e. The van der Waals surface area contributed by atoms with Crippen LogP contribution in [0.3, 0.4) is 0 Å². The summed E-state index contributed by atoms with van der Waals surface area (Å²) in [5, 5.41) is 2.03. The van der Waals surface area contributed by atoms with Crippen LogP contribution < -0.4 is 4.57 Å². The van der Waals surface area contributed by atoms with E-state index in [1.807, 2.05) is 24.3 Å². The Morgan fingerprint density at radius 1 is 0.905 bits per heavy atom. The van der Waals surface area contributed by atoms with Crippen molar-refractivity contribution < 1.29 is 4.57 Å². The summed E-state index contributed by atoms with van der Waals surface area (Å²) >= 11 is 5.91. The molecule has 0 saturated carbocycles. The van der Waals surface area contributed by atoms with Gasteiger partial charge in [0.25, 0.3) is 0 Å². The van der Waals surface area contributed by atoms with E-state index in [1.54, 1.807) is 0 Å². The minimum Gasteiger partial charge on any atom is -0.192 e. The van der Waals surface area contributed by atoms with E-state index >= 15 is 0 Å². The number of fused-ring (bicyclic) bond motifs is 1. The lowest BCUT2D eigenvalue weighted by Crippen LogP contribution is -2.36. The zero-order valence-electron chi connectivity index (χ0n) is 12.0. The molecule has 0 amide bonds. The third-order valence-electron chi connectivity index (χ3n) is 3.61. The maximum absolute atomic E-state index is 5.91. The second kappa shape index (κ2) is 6.11. The maximum Gasteiger partial charge on any atom is 0.212 e. The average molecular weight is 295 g/mol. The Balaban J connectivity index is 2.02. The van der Waals surface area contributed by atoms with E-state index in [0.717, 1.165) is 17.1 Å². The van der Waals surface area contributed by atoms with Crippen LogP contribution in [-0.4, -0.2) is 0 Å². The van der Waals surface area contributed by atoms with Gasteiger partial charge in [0.05, 0.1) is 0 Å². The summed E-state index contributed by atoms with van der Waals surface area (Å²) in [6, 6.07) is 20.7. The number of pyridine rings is 1. The summed E-state index contributed by atoms with van der Waals surface area (Å²) in [6.07, 6.45) is 4.27. The van der Waals surface area contributed by atoms with Crippen molar-refractivity contribution >= 4 is 34.7 Å². The molecule has 1 aromatic heterocycles. The Kier molecular flexibility index (Phi) is 4.03. The summed E-state index contributed by atoms with van der Waals surface area (Å²) in [7, 11) is 0. The topological polar surface area (TPSA) is 3.88 Å². The van der Waals surface area contributed by atoms with Gasteiger partial charge in [0.1, 0.15) is 6.54 Å². The molecular formula is C19H17ClN+. The second-order valence-corrected chi connectivity index (χ2v) is 5.38. The first-order valence-electron chi connectivity index (χ1n) is 7.13. The number of hydrogen-bond acceptors (Lipinski definition) is 0. The van der Waals surface area contributed by atoms with E-state index in [9.17, 15) is 0 Å². The molecule has 2 aromatic carbocycles. The molecule has 0 atom stereocenters. The van der Waals surface area contributed by atoms with Crippen LogP contribution in [0.2, 0.25) is 5.02 Å². The summed E-state index contributed by atoms with van der Waals surface area (Å²) < 4.78 is 2.32. The first-order chi connectivity index (χ1) is 10.3. The highest BCUT2D eigenvalue weighted by atomic mass is 35.5. The van der Waals surface area contributed by atoms with Crippen LogP contribution >= 0.6 is 11.6 Å². The molecule has 0 bridgehead atoms. The van der Waals surface area contributed by atoms with Crippen molar-refractivity contribution in [1.29, 1.82) is 0 Å². The number of benzene rings is 2. The lowest BCUT2D eigenvalue weighted by Gasteiger charge is -2.02. The summed E-state index contributed by atoms with van der Waals surface area (Å²) in [5.41, 5.74) is 3.61. The van der Waals surface area contributed by atoms with Crippen molar-refractivity contribution in [2.75, 3.05) is 0 Å². The van der Waals surface area contributed by atoms with E-state index in [0.29, 0.717) is 0 Å². The van der Waals surface area contributed by atoms with Gasteiger partial charge in [0, 0.05) is 28.6 Å². The zero-order valence-corrected chi connectivity index (χ0v) is 12.7. The fraction of sp³-hybridized carbons (Fsp3) is 0.105. The lowest BCUT2D eigenvalue weighted by atomic mass is 10.1. The molecule has 104 valence electrons. The van der Waals surface area contributed by atoms with Crippen LogP contribution in [0.4, 0.5) is 0 Å². The van der Waals surface area contributed by atoms with E-state index in [1.165, 1.54) is 16.6 Å². The molecule has 3 aromatic rings. The molecule has 0 radical (unpaired) electrons. The van der Waals surface area contributed by atoms with Crippen LogP contribution in [0.1, 0.15) is 18.2 Å². The van der Waals surface area contributed by atoms with Gasteiger partial charge in [-0.3, -0.25) is 0 Å². The molecule has 21 heavy (non-hydrogen) atoms. The van der Waals surface area contributed by atoms with Gasteiger partial charge in [-0.1, -0.05) is 35.9 Å². The van der Waals surface area contributed by atoms with E-state index in [4.69, 9.17) is 11.6 Å². The van der Waals surface area contributed by atoms with Crippen LogP contribution in [0.25, 0.3) is 23.1 Å². The van der Waals surface area contributed by atoms with Gasteiger partial charge in [0.2, 0.25) is 11.2 Å².